The van der Waals surface area contributed by atoms with Crippen LogP contribution in [0.25, 0.3) is 0 Å². The monoisotopic (exact) mass is 341 g/mol. The molecule has 136 valence electrons. The summed E-state index contributed by atoms with van der Waals surface area (Å²) in [5.74, 6) is 1.04. The lowest BCUT2D eigenvalue weighted by atomic mass is 9.61. The van der Waals surface area contributed by atoms with E-state index in [1.807, 2.05) is 0 Å². The van der Waals surface area contributed by atoms with E-state index in [4.69, 9.17) is 4.74 Å². The number of aliphatic hydroxyl groups excluding tert-OH is 1. The molecule has 1 heterocycles. The minimum Gasteiger partial charge on any atom is -0.388 e. The Morgan fingerprint density at radius 3 is 2.88 bits per heavy atom. The second kappa shape index (κ2) is 7.61. The Labute approximate surface area is 151 Å². The van der Waals surface area contributed by atoms with Crippen molar-refractivity contribution in [1.29, 1.82) is 0 Å². The Balaban J connectivity index is 1.56. The van der Waals surface area contributed by atoms with E-state index in [1.54, 1.807) is 0 Å². The van der Waals surface area contributed by atoms with Gasteiger partial charge in [0.2, 0.25) is 0 Å². The molecular weight excluding hydrogens is 310 g/mol. The Hall–Kier alpha value is -1.16. The van der Waals surface area contributed by atoms with Crippen molar-refractivity contribution in [3.8, 4) is 0 Å². The highest BCUT2D eigenvalue weighted by Crippen LogP contribution is 2.59. The van der Waals surface area contributed by atoms with Crippen molar-refractivity contribution in [3.63, 3.8) is 0 Å². The Morgan fingerprint density at radius 1 is 1.16 bits per heavy atom. The van der Waals surface area contributed by atoms with E-state index in [1.165, 1.54) is 12.0 Å². The number of hydrogen-bond donors (Lipinski definition) is 2. The van der Waals surface area contributed by atoms with Crippen LogP contribution in [-0.4, -0.2) is 30.4 Å². The third-order valence-electron chi connectivity index (χ3n) is 6.84. The van der Waals surface area contributed by atoms with Crippen LogP contribution in [0.1, 0.15) is 44.1 Å². The van der Waals surface area contributed by atoms with Crippen molar-refractivity contribution in [3.05, 3.63) is 48.0 Å². The van der Waals surface area contributed by atoms with Gasteiger partial charge in [0.15, 0.2) is 0 Å². The van der Waals surface area contributed by atoms with Gasteiger partial charge in [-0.3, -0.25) is 0 Å². The van der Waals surface area contributed by atoms with Crippen molar-refractivity contribution in [2.24, 2.45) is 17.3 Å². The highest BCUT2D eigenvalue weighted by Gasteiger charge is 2.58. The molecule has 5 atom stereocenters. The molecule has 2 fully saturated rings. The molecule has 25 heavy (non-hydrogen) atoms. The molecular formula is C22H31NO2. The maximum atomic E-state index is 11.0. The lowest BCUT2D eigenvalue weighted by Crippen LogP contribution is -2.46. The average Bonchev–Trinajstić information content (AvgIpc) is 2.99. The summed E-state index contributed by atoms with van der Waals surface area (Å²) in [6, 6.07) is 10.5. The number of nitrogens with one attached hydrogen (secondary N) is 1. The maximum absolute atomic E-state index is 11.0. The van der Waals surface area contributed by atoms with Crippen LogP contribution in [0.3, 0.4) is 0 Å². The van der Waals surface area contributed by atoms with Crippen LogP contribution in [0.4, 0.5) is 0 Å². The zero-order valence-electron chi connectivity index (χ0n) is 15.1. The molecule has 0 bridgehead atoms. The number of rotatable bonds is 3. The molecule has 2 N–H and O–H groups in total. The molecule has 1 aromatic rings. The minimum absolute atomic E-state index is 0.0299. The first-order valence-corrected chi connectivity index (χ1v) is 10.0. The molecule has 1 saturated heterocycles. The fraction of sp³-hybridized carbons (Fsp3) is 0.636. The van der Waals surface area contributed by atoms with Crippen molar-refractivity contribution >= 4 is 0 Å². The van der Waals surface area contributed by atoms with Gasteiger partial charge < -0.3 is 15.2 Å². The van der Waals surface area contributed by atoms with Gasteiger partial charge in [0.05, 0.1) is 18.8 Å². The van der Waals surface area contributed by atoms with Gasteiger partial charge in [-0.05, 0) is 69.0 Å². The van der Waals surface area contributed by atoms with Gasteiger partial charge in [0, 0.05) is 5.41 Å². The molecule has 0 aromatic heterocycles. The molecule has 1 spiro atoms. The summed E-state index contributed by atoms with van der Waals surface area (Å²) < 4.78 is 6.47. The van der Waals surface area contributed by atoms with Crippen LogP contribution in [0.15, 0.2) is 42.5 Å². The number of aliphatic hydroxyl groups is 1. The third-order valence-corrected chi connectivity index (χ3v) is 6.84. The van der Waals surface area contributed by atoms with Gasteiger partial charge in [-0.25, -0.2) is 0 Å². The van der Waals surface area contributed by atoms with E-state index in [2.05, 4.69) is 47.8 Å². The second-order valence-electron chi connectivity index (χ2n) is 8.09. The second-order valence-corrected chi connectivity index (χ2v) is 8.09. The SMILES string of the molecule is O[C@@H]1C=CC[C@H]2C[C@@H](OCc3ccccc3)[C@@H]3CCCNCCC[C@@]213. The number of benzene rings is 1. The van der Waals surface area contributed by atoms with E-state index in [-0.39, 0.29) is 17.6 Å². The molecule has 0 radical (unpaired) electrons. The van der Waals surface area contributed by atoms with Crippen LogP contribution in [0.2, 0.25) is 0 Å². The number of ether oxygens (including phenoxy) is 1. The van der Waals surface area contributed by atoms with Gasteiger partial charge in [-0.2, -0.15) is 0 Å². The zero-order chi connectivity index (χ0) is 17.1. The highest BCUT2D eigenvalue weighted by molar-refractivity contribution is 5.17. The van der Waals surface area contributed by atoms with Gasteiger partial charge in [-0.1, -0.05) is 42.5 Å². The van der Waals surface area contributed by atoms with E-state index in [0.717, 1.165) is 45.2 Å². The fourth-order valence-corrected chi connectivity index (χ4v) is 5.69. The van der Waals surface area contributed by atoms with E-state index < -0.39 is 0 Å². The van der Waals surface area contributed by atoms with Crippen LogP contribution < -0.4 is 5.32 Å². The predicted molar refractivity (Wildman–Crippen MR) is 100 cm³/mol. The van der Waals surface area contributed by atoms with E-state index in [0.29, 0.717) is 18.4 Å². The molecule has 4 rings (SSSR count). The van der Waals surface area contributed by atoms with Gasteiger partial charge >= 0.3 is 0 Å². The van der Waals surface area contributed by atoms with Crippen molar-refractivity contribution in [1.82, 2.24) is 5.32 Å². The van der Waals surface area contributed by atoms with E-state index >= 15 is 0 Å². The summed E-state index contributed by atoms with van der Waals surface area (Å²) in [4.78, 5) is 0. The van der Waals surface area contributed by atoms with Crippen molar-refractivity contribution < 1.29 is 9.84 Å². The molecule has 1 aromatic carbocycles. The molecule has 3 heteroatoms. The normalized spacial score (nSPS) is 38.3. The summed E-state index contributed by atoms with van der Waals surface area (Å²) in [7, 11) is 0. The average molecular weight is 341 g/mol. The van der Waals surface area contributed by atoms with Crippen molar-refractivity contribution in [2.45, 2.75) is 57.3 Å². The first kappa shape index (κ1) is 17.3. The first-order chi connectivity index (χ1) is 12.3. The Kier molecular flexibility index (Phi) is 5.25. The van der Waals surface area contributed by atoms with Gasteiger partial charge in [-0.15, -0.1) is 0 Å². The molecule has 1 aliphatic heterocycles. The molecule has 3 aliphatic rings. The lowest BCUT2D eigenvalue weighted by Gasteiger charge is -2.45. The third kappa shape index (κ3) is 3.30. The minimum atomic E-state index is -0.306. The number of hydrogen-bond acceptors (Lipinski definition) is 3. The molecule has 0 unspecified atom stereocenters. The summed E-state index contributed by atoms with van der Waals surface area (Å²) in [5.41, 5.74) is 1.28. The Morgan fingerprint density at radius 2 is 2.00 bits per heavy atom. The predicted octanol–water partition coefficient (Wildman–Crippen LogP) is 3.68. The van der Waals surface area contributed by atoms with Crippen LogP contribution in [0.5, 0.6) is 0 Å². The van der Waals surface area contributed by atoms with Crippen LogP contribution >= 0.6 is 0 Å². The largest absolute Gasteiger partial charge is 0.388 e. The highest BCUT2D eigenvalue weighted by atomic mass is 16.5. The smallest absolute Gasteiger partial charge is 0.0783 e. The first-order valence-electron chi connectivity index (χ1n) is 10.0. The summed E-state index contributed by atoms with van der Waals surface area (Å²) in [6.45, 7) is 2.86. The van der Waals surface area contributed by atoms with Crippen LogP contribution in [-0.2, 0) is 11.3 Å². The summed E-state index contributed by atoms with van der Waals surface area (Å²) in [6.07, 6.45) is 11.1. The van der Waals surface area contributed by atoms with Gasteiger partial charge in [0.25, 0.3) is 0 Å². The molecule has 0 amide bonds. The standard InChI is InChI=1S/C22H31NO2/c24-21-11-4-9-18-15-20(25-16-17-7-2-1-3-8-17)19-10-5-13-23-14-6-12-22(18,19)21/h1-4,7-8,11,18-21,23-24H,5-6,9-10,12-16H2/t18-,19-,20+,21+,22-/m0/s1. The zero-order valence-corrected chi connectivity index (χ0v) is 15.1. The Bertz CT molecular complexity index is 587. The quantitative estimate of drug-likeness (QED) is 0.824. The molecule has 2 aliphatic carbocycles. The van der Waals surface area contributed by atoms with Crippen LogP contribution in [0, 0.1) is 17.3 Å². The molecule has 1 saturated carbocycles. The summed E-state index contributed by atoms with van der Waals surface area (Å²) in [5, 5.41) is 14.6. The molecule has 3 nitrogen and oxygen atoms in total. The maximum Gasteiger partial charge on any atom is 0.0783 e. The topological polar surface area (TPSA) is 41.5 Å². The lowest BCUT2D eigenvalue weighted by molar-refractivity contribution is -0.0599. The van der Waals surface area contributed by atoms with Gasteiger partial charge in [0.1, 0.15) is 0 Å². The fourth-order valence-electron chi connectivity index (χ4n) is 5.69. The van der Waals surface area contributed by atoms with Crippen molar-refractivity contribution in [2.75, 3.05) is 13.1 Å². The summed E-state index contributed by atoms with van der Waals surface area (Å²) >= 11 is 0. The van der Waals surface area contributed by atoms with E-state index in [9.17, 15) is 5.11 Å². The number of allylic oxidation sites excluding steroid dienone is 1.